The van der Waals surface area contributed by atoms with Crippen LogP contribution in [0.5, 0.6) is 0 Å². The molecule has 1 aromatic rings. The topological polar surface area (TPSA) is 47.6 Å². The highest BCUT2D eigenvalue weighted by Crippen LogP contribution is 2.22. The SMILES string of the molecule is CCOC(=O)C(NCCOC)c1cc(Cl)ccc1F. The van der Waals surface area contributed by atoms with Crippen molar-refractivity contribution in [3.63, 3.8) is 0 Å². The van der Waals surface area contributed by atoms with Crippen molar-refractivity contribution in [1.82, 2.24) is 5.32 Å². The molecule has 1 unspecified atom stereocenters. The van der Waals surface area contributed by atoms with Gasteiger partial charge in [0.2, 0.25) is 0 Å². The predicted octanol–water partition coefficient (Wildman–Crippen LogP) is 2.32. The lowest BCUT2D eigenvalue weighted by Crippen LogP contribution is -2.33. The lowest BCUT2D eigenvalue weighted by Gasteiger charge is -2.18. The number of hydrogen-bond acceptors (Lipinski definition) is 4. The van der Waals surface area contributed by atoms with Crippen molar-refractivity contribution >= 4 is 17.6 Å². The van der Waals surface area contributed by atoms with Gasteiger partial charge in [-0.1, -0.05) is 11.6 Å². The number of hydrogen-bond donors (Lipinski definition) is 1. The van der Waals surface area contributed by atoms with Crippen molar-refractivity contribution in [2.75, 3.05) is 26.9 Å². The molecule has 6 heteroatoms. The van der Waals surface area contributed by atoms with E-state index in [9.17, 15) is 9.18 Å². The first-order valence-electron chi connectivity index (χ1n) is 5.94. The molecule has 4 nitrogen and oxygen atoms in total. The number of methoxy groups -OCH3 is 1. The second-order valence-electron chi connectivity index (χ2n) is 3.80. The summed E-state index contributed by atoms with van der Waals surface area (Å²) >= 11 is 5.83. The lowest BCUT2D eigenvalue weighted by molar-refractivity contribution is -0.146. The number of ether oxygens (including phenoxy) is 2. The minimum Gasteiger partial charge on any atom is -0.465 e. The molecule has 0 fully saturated rings. The quantitative estimate of drug-likeness (QED) is 0.618. The Morgan fingerprint density at radius 1 is 1.53 bits per heavy atom. The van der Waals surface area contributed by atoms with E-state index < -0.39 is 17.8 Å². The van der Waals surface area contributed by atoms with Crippen LogP contribution >= 0.6 is 11.6 Å². The predicted molar refractivity (Wildman–Crippen MR) is 70.7 cm³/mol. The van der Waals surface area contributed by atoms with E-state index in [1.807, 2.05) is 0 Å². The molecule has 0 spiro atoms. The Balaban J connectivity index is 2.93. The second-order valence-corrected chi connectivity index (χ2v) is 4.23. The number of nitrogens with one attached hydrogen (secondary N) is 1. The fourth-order valence-corrected chi connectivity index (χ4v) is 1.77. The van der Waals surface area contributed by atoms with Gasteiger partial charge < -0.3 is 9.47 Å². The highest BCUT2D eigenvalue weighted by Gasteiger charge is 2.24. The zero-order valence-electron chi connectivity index (χ0n) is 10.9. The summed E-state index contributed by atoms with van der Waals surface area (Å²) in [5.41, 5.74) is 0.169. The number of esters is 1. The minimum absolute atomic E-state index is 0.169. The number of carbonyl (C=O) groups is 1. The first kappa shape index (κ1) is 15.9. The van der Waals surface area contributed by atoms with Crippen LogP contribution in [0.3, 0.4) is 0 Å². The highest BCUT2D eigenvalue weighted by atomic mass is 35.5. The molecule has 0 aliphatic carbocycles. The van der Waals surface area contributed by atoms with Crippen LogP contribution < -0.4 is 5.32 Å². The van der Waals surface area contributed by atoms with Crippen molar-refractivity contribution in [2.45, 2.75) is 13.0 Å². The average molecular weight is 290 g/mol. The second kappa shape index (κ2) is 8.09. The molecular weight excluding hydrogens is 273 g/mol. The van der Waals surface area contributed by atoms with Crippen LogP contribution in [-0.4, -0.2) is 32.8 Å². The Hall–Kier alpha value is -1.17. The standard InChI is InChI=1S/C13H17ClFNO3/c1-3-19-13(17)12(16-6-7-18-2)10-8-9(14)4-5-11(10)15/h4-5,8,12,16H,3,6-7H2,1-2H3. The van der Waals surface area contributed by atoms with E-state index in [2.05, 4.69) is 5.32 Å². The molecule has 0 saturated carbocycles. The number of carbonyl (C=O) groups excluding carboxylic acids is 1. The van der Waals surface area contributed by atoms with Crippen LogP contribution in [0.25, 0.3) is 0 Å². The molecule has 1 aromatic carbocycles. The van der Waals surface area contributed by atoms with E-state index in [4.69, 9.17) is 21.1 Å². The molecule has 0 aromatic heterocycles. The van der Waals surface area contributed by atoms with E-state index >= 15 is 0 Å². The zero-order valence-corrected chi connectivity index (χ0v) is 11.7. The number of halogens is 2. The third-order valence-corrected chi connectivity index (χ3v) is 2.68. The van der Waals surface area contributed by atoms with Crippen molar-refractivity contribution < 1.29 is 18.7 Å². The summed E-state index contributed by atoms with van der Waals surface area (Å²) < 4.78 is 23.6. The van der Waals surface area contributed by atoms with Gasteiger partial charge in [-0.05, 0) is 25.1 Å². The van der Waals surface area contributed by atoms with Gasteiger partial charge in [0.25, 0.3) is 0 Å². The fraction of sp³-hybridized carbons (Fsp3) is 0.462. The van der Waals surface area contributed by atoms with Gasteiger partial charge in [0.1, 0.15) is 11.9 Å². The van der Waals surface area contributed by atoms with Crippen LogP contribution in [-0.2, 0) is 14.3 Å². The van der Waals surface area contributed by atoms with Crippen molar-refractivity contribution in [3.05, 3.63) is 34.6 Å². The maximum atomic E-state index is 13.8. The van der Waals surface area contributed by atoms with Gasteiger partial charge in [-0.2, -0.15) is 0 Å². The van der Waals surface area contributed by atoms with Gasteiger partial charge in [0, 0.05) is 24.2 Å². The number of benzene rings is 1. The minimum atomic E-state index is -0.895. The third kappa shape index (κ3) is 4.78. The third-order valence-electron chi connectivity index (χ3n) is 2.45. The zero-order chi connectivity index (χ0) is 14.3. The van der Waals surface area contributed by atoms with Crippen molar-refractivity contribution in [3.8, 4) is 0 Å². The van der Waals surface area contributed by atoms with Crippen LogP contribution in [0.2, 0.25) is 5.02 Å². The summed E-state index contributed by atoms with van der Waals surface area (Å²) in [5.74, 6) is -1.05. The maximum Gasteiger partial charge on any atom is 0.327 e. The summed E-state index contributed by atoms with van der Waals surface area (Å²) in [4.78, 5) is 11.9. The smallest absolute Gasteiger partial charge is 0.327 e. The molecule has 0 saturated heterocycles. The summed E-state index contributed by atoms with van der Waals surface area (Å²) in [6.45, 7) is 2.71. The van der Waals surface area contributed by atoms with Gasteiger partial charge >= 0.3 is 5.97 Å². The Morgan fingerprint density at radius 2 is 2.26 bits per heavy atom. The Bertz CT molecular complexity index is 428. The Morgan fingerprint density at radius 3 is 2.89 bits per heavy atom. The molecule has 0 amide bonds. The van der Waals surface area contributed by atoms with Gasteiger partial charge in [-0.3, -0.25) is 5.32 Å². The van der Waals surface area contributed by atoms with E-state index in [1.165, 1.54) is 18.2 Å². The van der Waals surface area contributed by atoms with Crippen LogP contribution in [0, 0.1) is 5.82 Å². The van der Waals surface area contributed by atoms with E-state index in [0.717, 1.165) is 0 Å². The maximum absolute atomic E-state index is 13.8. The van der Waals surface area contributed by atoms with Gasteiger partial charge in [0.05, 0.1) is 13.2 Å². The van der Waals surface area contributed by atoms with Crippen LogP contribution in [0.4, 0.5) is 4.39 Å². The molecule has 106 valence electrons. The monoisotopic (exact) mass is 289 g/mol. The molecule has 0 bridgehead atoms. The first-order chi connectivity index (χ1) is 9.10. The first-order valence-corrected chi connectivity index (χ1v) is 6.31. The molecule has 19 heavy (non-hydrogen) atoms. The lowest BCUT2D eigenvalue weighted by atomic mass is 10.1. The fourth-order valence-electron chi connectivity index (χ4n) is 1.59. The van der Waals surface area contributed by atoms with Crippen molar-refractivity contribution in [2.24, 2.45) is 0 Å². The van der Waals surface area contributed by atoms with Crippen molar-refractivity contribution in [1.29, 1.82) is 0 Å². The Labute approximate surface area is 116 Å². The average Bonchev–Trinajstić information content (AvgIpc) is 2.38. The molecule has 1 N–H and O–H groups in total. The molecule has 0 aliphatic rings. The molecule has 0 heterocycles. The van der Waals surface area contributed by atoms with Crippen LogP contribution in [0.1, 0.15) is 18.5 Å². The molecule has 0 radical (unpaired) electrons. The number of rotatable bonds is 7. The van der Waals surface area contributed by atoms with Crippen LogP contribution in [0.15, 0.2) is 18.2 Å². The molecule has 1 rings (SSSR count). The highest BCUT2D eigenvalue weighted by molar-refractivity contribution is 6.30. The molecular formula is C13H17ClFNO3. The summed E-state index contributed by atoms with van der Waals surface area (Å²) in [7, 11) is 1.54. The van der Waals surface area contributed by atoms with E-state index in [1.54, 1.807) is 14.0 Å². The Kier molecular flexibility index (Phi) is 6.77. The largest absolute Gasteiger partial charge is 0.465 e. The normalized spacial score (nSPS) is 12.2. The summed E-state index contributed by atoms with van der Waals surface area (Å²) in [6.07, 6.45) is 0. The van der Waals surface area contributed by atoms with E-state index in [-0.39, 0.29) is 12.2 Å². The van der Waals surface area contributed by atoms with E-state index in [0.29, 0.717) is 18.2 Å². The van der Waals surface area contributed by atoms with Gasteiger partial charge in [-0.25, -0.2) is 9.18 Å². The van der Waals surface area contributed by atoms with Gasteiger partial charge in [0.15, 0.2) is 0 Å². The summed E-state index contributed by atoms with van der Waals surface area (Å²) in [6, 6.07) is 3.17. The van der Waals surface area contributed by atoms with Gasteiger partial charge in [-0.15, -0.1) is 0 Å². The molecule has 1 atom stereocenters. The molecule has 0 aliphatic heterocycles. The summed E-state index contributed by atoms with van der Waals surface area (Å²) in [5, 5.41) is 3.25.